The number of methoxy groups -OCH3 is 2. The van der Waals surface area contributed by atoms with Crippen molar-refractivity contribution < 1.29 is 9.47 Å². The Labute approximate surface area is 156 Å². The van der Waals surface area contributed by atoms with Gasteiger partial charge >= 0.3 is 0 Å². The molecule has 0 radical (unpaired) electrons. The molecule has 0 aliphatic heterocycles. The van der Waals surface area contributed by atoms with Gasteiger partial charge in [0.05, 0.1) is 20.8 Å². The van der Waals surface area contributed by atoms with E-state index in [2.05, 4.69) is 48.4 Å². The van der Waals surface area contributed by atoms with Crippen LogP contribution >= 0.6 is 0 Å². The topological polar surface area (TPSA) is 68.9 Å². The molecule has 0 saturated heterocycles. The number of ether oxygens (including phenoxy) is 2. The van der Waals surface area contributed by atoms with Crippen molar-refractivity contribution in [3.05, 3.63) is 54.1 Å². The van der Waals surface area contributed by atoms with Gasteiger partial charge in [-0.05, 0) is 30.5 Å². The van der Waals surface area contributed by atoms with Crippen molar-refractivity contribution in [2.24, 2.45) is 10.7 Å². The third-order valence-corrected chi connectivity index (χ3v) is 4.95. The number of anilines is 1. The number of aliphatic imine (C=N–C) groups is 1. The molecule has 0 atom stereocenters. The van der Waals surface area contributed by atoms with Crippen molar-refractivity contribution in [2.45, 2.75) is 32.1 Å². The maximum atomic E-state index is 6.13. The molecule has 0 amide bonds. The van der Waals surface area contributed by atoms with E-state index >= 15 is 0 Å². The fourth-order valence-corrected chi connectivity index (χ4v) is 3.10. The van der Waals surface area contributed by atoms with E-state index in [9.17, 15) is 0 Å². The average Bonchev–Trinajstić information content (AvgIpc) is 2.70. The standard InChI is InChI=1S/C21H29N3O2/c1-5-21(6-2,16-10-8-7-9-11-16)15-23-20(22)24-17-12-13-18(25-3)19(14-17)26-4/h7-14H,5-6,15H2,1-4H3,(H3,22,23,24). The molecule has 0 spiro atoms. The number of nitrogens with zero attached hydrogens (tertiary/aromatic N) is 1. The van der Waals surface area contributed by atoms with Crippen molar-refractivity contribution in [3.8, 4) is 11.5 Å². The molecule has 0 aromatic heterocycles. The second-order valence-electron chi connectivity index (χ2n) is 6.25. The molecule has 5 heteroatoms. The third-order valence-electron chi connectivity index (χ3n) is 4.95. The smallest absolute Gasteiger partial charge is 0.193 e. The van der Waals surface area contributed by atoms with Gasteiger partial charge in [-0.1, -0.05) is 44.2 Å². The molecule has 0 bridgehead atoms. The van der Waals surface area contributed by atoms with E-state index in [0.717, 1.165) is 18.5 Å². The minimum absolute atomic E-state index is 0.00877. The zero-order valence-corrected chi connectivity index (χ0v) is 16.1. The Bertz CT molecular complexity index is 725. The van der Waals surface area contributed by atoms with Gasteiger partial charge in [-0.15, -0.1) is 0 Å². The van der Waals surface area contributed by atoms with Crippen LogP contribution < -0.4 is 20.5 Å². The van der Waals surface area contributed by atoms with Crippen molar-refractivity contribution in [1.29, 1.82) is 0 Å². The summed E-state index contributed by atoms with van der Waals surface area (Å²) >= 11 is 0. The van der Waals surface area contributed by atoms with Crippen LogP contribution in [0, 0.1) is 0 Å². The van der Waals surface area contributed by atoms with Crippen LogP contribution in [-0.4, -0.2) is 26.7 Å². The molecule has 0 saturated carbocycles. The van der Waals surface area contributed by atoms with Crippen molar-refractivity contribution >= 4 is 11.6 Å². The third kappa shape index (κ3) is 4.48. The summed E-state index contributed by atoms with van der Waals surface area (Å²) in [4.78, 5) is 4.62. The SMILES string of the molecule is CCC(CC)(CN=C(N)Nc1ccc(OC)c(OC)c1)c1ccccc1. The number of guanidine groups is 1. The van der Waals surface area contributed by atoms with Gasteiger partial charge in [-0.2, -0.15) is 0 Å². The summed E-state index contributed by atoms with van der Waals surface area (Å²) in [7, 11) is 3.22. The van der Waals surface area contributed by atoms with Gasteiger partial charge in [-0.3, -0.25) is 4.99 Å². The maximum absolute atomic E-state index is 6.13. The predicted octanol–water partition coefficient (Wildman–Crippen LogP) is 4.19. The lowest BCUT2D eigenvalue weighted by Gasteiger charge is -2.30. The molecule has 2 aromatic rings. The minimum Gasteiger partial charge on any atom is -0.493 e. The molecule has 26 heavy (non-hydrogen) atoms. The number of benzene rings is 2. The maximum Gasteiger partial charge on any atom is 0.193 e. The van der Waals surface area contributed by atoms with Crippen LogP contribution in [0.3, 0.4) is 0 Å². The zero-order chi connectivity index (χ0) is 19.0. The van der Waals surface area contributed by atoms with Gasteiger partial charge in [-0.25, -0.2) is 0 Å². The lowest BCUT2D eigenvalue weighted by atomic mass is 9.76. The van der Waals surface area contributed by atoms with Crippen molar-refractivity contribution in [2.75, 3.05) is 26.1 Å². The number of rotatable bonds is 8. The van der Waals surface area contributed by atoms with Gasteiger partial charge in [0, 0.05) is 17.2 Å². The average molecular weight is 355 g/mol. The van der Waals surface area contributed by atoms with Crippen LogP contribution in [0.15, 0.2) is 53.5 Å². The van der Waals surface area contributed by atoms with Gasteiger partial charge in [0.25, 0.3) is 0 Å². The Balaban J connectivity index is 2.16. The molecule has 140 valence electrons. The highest BCUT2D eigenvalue weighted by Crippen LogP contribution is 2.32. The highest BCUT2D eigenvalue weighted by atomic mass is 16.5. The second-order valence-corrected chi connectivity index (χ2v) is 6.25. The van der Waals surface area contributed by atoms with Gasteiger partial charge < -0.3 is 20.5 Å². The van der Waals surface area contributed by atoms with Crippen LogP contribution in [0.5, 0.6) is 11.5 Å². The zero-order valence-electron chi connectivity index (χ0n) is 16.1. The summed E-state index contributed by atoms with van der Waals surface area (Å²) in [5.74, 6) is 1.71. The van der Waals surface area contributed by atoms with Gasteiger partial charge in [0.15, 0.2) is 17.5 Å². The number of hydrogen-bond donors (Lipinski definition) is 2. The van der Waals surface area contributed by atoms with Crippen LogP contribution in [-0.2, 0) is 5.41 Å². The Morgan fingerprint density at radius 2 is 1.65 bits per heavy atom. The molecule has 2 rings (SSSR count). The van der Waals surface area contributed by atoms with Gasteiger partial charge in [0.2, 0.25) is 0 Å². The summed E-state index contributed by atoms with van der Waals surface area (Å²) in [5, 5.41) is 3.13. The van der Waals surface area contributed by atoms with E-state index in [0.29, 0.717) is 24.0 Å². The van der Waals surface area contributed by atoms with Crippen molar-refractivity contribution in [3.63, 3.8) is 0 Å². The molecule has 0 aliphatic carbocycles. The Kier molecular flexibility index (Phi) is 6.89. The van der Waals surface area contributed by atoms with Crippen molar-refractivity contribution in [1.82, 2.24) is 0 Å². The first-order chi connectivity index (χ1) is 12.6. The van der Waals surface area contributed by atoms with E-state index < -0.39 is 0 Å². The number of hydrogen-bond acceptors (Lipinski definition) is 3. The summed E-state index contributed by atoms with van der Waals surface area (Å²) in [6.07, 6.45) is 2.00. The van der Waals surface area contributed by atoms with E-state index in [1.165, 1.54) is 5.56 Å². The molecule has 0 heterocycles. The number of nitrogens with one attached hydrogen (secondary N) is 1. The summed E-state index contributed by atoms with van der Waals surface area (Å²) in [6, 6.07) is 16.1. The molecule has 5 nitrogen and oxygen atoms in total. The first kappa shape index (κ1) is 19.6. The Morgan fingerprint density at radius 3 is 2.23 bits per heavy atom. The molecule has 3 N–H and O–H groups in total. The quantitative estimate of drug-likeness (QED) is 0.550. The minimum atomic E-state index is -0.00877. The fraction of sp³-hybridized carbons (Fsp3) is 0.381. The Morgan fingerprint density at radius 1 is 1.00 bits per heavy atom. The van der Waals surface area contributed by atoms with E-state index in [4.69, 9.17) is 15.2 Å². The van der Waals surface area contributed by atoms with E-state index in [-0.39, 0.29) is 5.41 Å². The van der Waals surface area contributed by atoms with E-state index in [1.807, 2.05) is 24.3 Å². The predicted molar refractivity (Wildman–Crippen MR) is 108 cm³/mol. The summed E-state index contributed by atoms with van der Waals surface area (Å²) in [6.45, 7) is 5.03. The first-order valence-electron chi connectivity index (χ1n) is 8.93. The lowest BCUT2D eigenvalue weighted by molar-refractivity contribution is 0.355. The first-order valence-corrected chi connectivity index (χ1v) is 8.93. The molecular formula is C21H29N3O2. The highest BCUT2D eigenvalue weighted by Gasteiger charge is 2.28. The Hall–Kier alpha value is -2.69. The van der Waals surface area contributed by atoms with Crippen LogP contribution in [0.25, 0.3) is 0 Å². The van der Waals surface area contributed by atoms with Gasteiger partial charge in [0.1, 0.15) is 0 Å². The molecule has 0 fully saturated rings. The van der Waals surface area contributed by atoms with Crippen LogP contribution in [0.1, 0.15) is 32.3 Å². The molecule has 2 aromatic carbocycles. The number of nitrogens with two attached hydrogens (primary N) is 1. The molecule has 0 unspecified atom stereocenters. The summed E-state index contributed by atoms with van der Waals surface area (Å²) < 4.78 is 10.6. The highest BCUT2D eigenvalue weighted by molar-refractivity contribution is 5.92. The monoisotopic (exact) mass is 355 g/mol. The normalized spacial score (nSPS) is 11.9. The largest absolute Gasteiger partial charge is 0.493 e. The molecular weight excluding hydrogens is 326 g/mol. The fourth-order valence-electron chi connectivity index (χ4n) is 3.10. The summed E-state index contributed by atoms with van der Waals surface area (Å²) in [5.41, 5.74) is 8.23. The van der Waals surface area contributed by atoms with Crippen LogP contribution in [0.4, 0.5) is 5.69 Å². The molecule has 0 aliphatic rings. The van der Waals surface area contributed by atoms with Crippen LogP contribution in [0.2, 0.25) is 0 Å². The second kappa shape index (κ2) is 9.13. The lowest BCUT2D eigenvalue weighted by Crippen LogP contribution is -2.31. The van der Waals surface area contributed by atoms with E-state index in [1.54, 1.807) is 14.2 Å².